The number of hydrogen-bond acceptors (Lipinski definition) is 2. The van der Waals surface area contributed by atoms with Gasteiger partial charge in [-0.15, -0.1) is 0 Å². The van der Waals surface area contributed by atoms with Gasteiger partial charge in [-0.1, -0.05) is 18.2 Å². The summed E-state index contributed by atoms with van der Waals surface area (Å²) in [5, 5.41) is 2.90. The lowest BCUT2D eigenvalue weighted by Crippen LogP contribution is -2.36. The molecule has 0 radical (unpaired) electrons. The van der Waals surface area contributed by atoms with E-state index in [1.54, 1.807) is 0 Å². The van der Waals surface area contributed by atoms with E-state index in [2.05, 4.69) is 5.32 Å². The Bertz CT molecular complexity index is 781. The van der Waals surface area contributed by atoms with Gasteiger partial charge in [-0.2, -0.15) is 0 Å². The summed E-state index contributed by atoms with van der Waals surface area (Å²) in [5.41, 5.74) is 5.84. The highest BCUT2D eigenvalue weighted by Crippen LogP contribution is 2.20. The SMILES string of the molecule is CC(=O)N(CC(=O)Nc1cc(C)ccc1C)c1ccc(C)c(C)c1. The smallest absolute Gasteiger partial charge is 0.244 e. The average molecular weight is 324 g/mol. The van der Waals surface area contributed by atoms with Gasteiger partial charge in [-0.05, 0) is 68.1 Å². The summed E-state index contributed by atoms with van der Waals surface area (Å²) in [5.74, 6) is -0.369. The van der Waals surface area contributed by atoms with E-state index in [0.29, 0.717) is 0 Å². The minimum absolute atomic E-state index is 0.00871. The number of amides is 2. The van der Waals surface area contributed by atoms with Gasteiger partial charge in [0.05, 0.1) is 0 Å². The number of anilines is 2. The first-order chi connectivity index (χ1) is 11.3. The van der Waals surface area contributed by atoms with E-state index in [4.69, 9.17) is 0 Å². The molecule has 0 aliphatic carbocycles. The summed E-state index contributed by atoms with van der Waals surface area (Å²) in [6.45, 7) is 9.40. The van der Waals surface area contributed by atoms with E-state index in [0.717, 1.165) is 33.6 Å². The number of nitrogens with zero attached hydrogens (tertiary/aromatic N) is 1. The van der Waals surface area contributed by atoms with E-state index in [9.17, 15) is 9.59 Å². The topological polar surface area (TPSA) is 49.4 Å². The van der Waals surface area contributed by atoms with Gasteiger partial charge in [-0.25, -0.2) is 0 Å². The molecule has 0 saturated carbocycles. The second kappa shape index (κ2) is 7.30. The zero-order valence-electron chi connectivity index (χ0n) is 14.9. The molecule has 0 atom stereocenters. The lowest BCUT2D eigenvalue weighted by Gasteiger charge is -2.22. The molecule has 0 unspecified atom stereocenters. The van der Waals surface area contributed by atoms with Gasteiger partial charge in [0.25, 0.3) is 0 Å². The molecule has 24 heavy (non-hydrogen) atoms. The van der Waals surface area contributed by atoms with Crippen LogP contribution in [0.2, 0.25) is 0 Å². The lowest BCUT2D eigenvalue weighted by atomic mass is 10.1. The Balaban J connectivity index is 2.18. The monoisotopic (exact) mass is 324 g/mol. The summed E-state index contributed by atoms with van der Waals surface area (Å²) in [6, 6.07) is 11.7. The minimum Gasteiger partial charge on any atom is -0.324 e. The Hall–Kier alpha value is -2.62. The van der Waals surface area contributed by atoms with Crippen LogP contribution in [0.25, 0.3) is 0 Å². The summed E-state index contributed by atoms with van der Waals surface area (Å²) in [6.07, 6.45) is 0. The Morgan fingerprint density at radius 2 is 1.58 bits per heavy atom. The fraction of sp³-hybridized carbons (Fsp3) is 0.300. The molecule has 4 nitrogen and oxygen atoms in total. The van der Waals surface area contributed by atoms with Gasteiger partial charge in [0.15, 0.2) is 0 Å². The summed E-state index contributed by atoms with van der Waals surface area (Å²) < 4.78 is 0. The van der Waals surface area contributed by atoms with Gasteiger partial charge < -0.3 is 10.2 Å². The maximum Gasteiger partial charge on any atom is 0.244 e. The maximum absolute atomic E-state index is 12.4. The molecule has 0 bridgehead atoms. The first-order valence-electron chi connectivity index (χ1n) is 8.00. The standard InChI is InChI=1S/C20H24N2O2/c1-13-6-7-15(3)19(10-13)21-20(24)12-22(17(5)23)18-9-8-14(2)16(4)11-18/h6-11H,12H2,1-5H3,(H,21,24). The Kier molecular flexibility index (Phi) is 5.39. The minimum atomic E-state index is -0.211. The zero-order valence-corrected chi connectivity index (χ0v) is 14.9. The number of nitrogens with one attached hydrogen (secondary N) is 1. The number of carbonyl (C=O) groups excluding carboxylic acids is 2. The normalized spacial score (nSPS) is 10.4. The molecular weight excluding hydrogens is 300 g/mol. The molecule has 0 fully saturated rings. The highest BCUT2D eigenvalue weighted by atomic mass is 16.2. The Labute approximate surface area is 143 Å². The molecule has 0 heterocycles. The molecule has 2 aromatic carbocycles. The Morgan fingerprint density at radius 3 is 2.21 bits per heavy atom. The molecule has 2 rings (SSSR count). The van der Waals surface area contributed by atoms with Gasteiger partial charge in [0.1, 0.15) is 6.54 Å². The van der Waals surface area contributed by atoms with E-state index in [1.807, 2.05) is 64.1 Å². The van der Waals surface area contributed by atoms with Crippen molar-refractivity contribution in [2.75, 3.05) is 16.8 Å². The van der Waals surface area contributed by atoms with Crippen molar-refractivity contribution in [3.63, 3.8) is 0 Å². The third-order valence-corrected chi connectivity index (χ3v) is 4.15. The lowest BCUT2D eigenvalue weighted by molar-refractivity contribution is -0.120. The van der Waals surface area contributed by atoms with Crippen LogP contribution >= 0.6 is 0 Å². The number of aryl methyl sites for hydroxylation is 4. The van der Waals surface area contributed by atoms with Gasteiger partial charge in [-0.3, -0.25) is 9.59 Å². The maximum atomic E-state index is 12.4. The van der Waals surface area contributed by atoms with Gasteiger partial charge in [0.2, 0.25) is 11.8 Å². The zero-order chi connectivity index (χ0) is 17.9. The van der Waals surface area contributed by atoms with Crippen molar-refractivity contribution in [1.82, 2.24) is 0 Å². The van der Waals surface area contributed by atoms with Crippen LogP contribution in [-0.4, -0.2) is 18.4 Å². The highest BCUT2D eigenvalue weighted by Gasteiger charge is 2.17. The van der Waals surface area contributed by atoms with E-state index in [-0.39, 0.29) is 18.4 Å². The van der Waals surface area contributed by atoms with Crippen LogP contribution < -0.4 is 10.2 Å². The molecule has 2 amide bonds. The molecular formula is C20H24N2O2. The predicted molar refractivity (Wildman–Crippen MR) is 98.5 cm³/mol. The van der Waals surface area contributed by atoms with Crippen molar-refractivity contribution in [3.05, 3.63) is 58.7 Å². The fourth-order valence-electron chi connectivity index (χ4n) is 2.48. The van der Waals surface area contributed by atoms with E-state index in [1.165, 1.54) is 11.8 Å². The quantitative estimate of drug-likeness (QED) is 0.927. The van der Waals surface area contributed by atoms with Crippen molar-refractivity contribution in [2.24, 2.45) is 0 Å². The third-order valence-electron chi connectivity index (χ3n) is 4.15. The van der Waals surface area contributed by atoms with Crippen molar-refractivity contribution in [3.8, 4) is 0 Å². The first-order valence-corrected chi connectivity index (χ1v) is 8.00. The average Bonchev–Trinajstić information content (AvgIpc) is 2.51. The fourth-order valence-corrected chi connectivity index (χ4v) is 2.48. The summed E-state index contributed by atoms with van der Waals surface area (Å²) in [4.78, 5) is 25.9. The van der Waals surface area contributed by atoms with Crippen LogP contribution in [0.1, 0.15) is 29.2 Å². The van der Waals surface area contributed by atoms with Crippen LogP contribution in [0.3, 0.4) is 0 Å². The van der Waals surface area contributed by atoms with Crippen molar-refractivity contribution in [1.29, 1.82) is 0 Å². The van der Waals surface area contributed by atoms with E-state index < -0.39 is 0 Å². The molecule has 0 saturated heterocycles. The largest absolute Gasteiger partial charge is 0.324 e. The van der Waals surface area contributed by atoms with Crippen molar-refractivity contribution in [2.45, 2.75) is 34.6 Å². The second-order valence-electron chi connectivity index (χ2n) is 6.24. The molecule has 0 aliphatic rings. The van der Waals surface area contributed by atoms with Gasteiger partial charge >= 0.3 is 0 Å². The second-order valence-corrected chi connectivity index (χ2v) is 6.24. The van der Waals surface area contributed by atoms with Crippen LogP contribution in [0.5, 0.6) is 0 Å². The molecule has 0 aliphatic heterocycles. The molecule has 4 heteroatoms. The van der Waals surface area contributed by atoms with Crippen molar-refractivity contribution < 1.29 is 9.59 Å². The number of rotatable bonds is 4. The third kappa shape index (κ3) is 4.22. The summed E-state index contributed by atoms with van der Waals surface area (Å²) >= 11 is 0. The predicted octanol–water partition coefficient (Wildman–Crippen LogP) is 3.91. The number of carbonyl (C=O) groups is 2. The Morgan fingerprint density at radius 1 is 0.917 bits per heavy atom. The van der Waals surface area contributed by atoms with Gasteiger partial charge in [0, 0.05) is 18.3 Å². The molecule has 1 N–H and O–H groups in total. The molecule has 0 aromatic heterocycles. The van der Waals surface area contributed by atoms with Crippen LogP contribution in [0, 0.1) is 27.7 Å². The number of hydrogen-bond donors (Lipinski definition) is 1. The van der Waals surface area contributed by atoms with E-state index >= 15 is 0 Å². The van der Waals surface area contributed by atoms with Crippen LogP contribution in [0.4, 0.5) is 11.4 Å². The molecule has 0 spiro atoms. The summed E-state index contributed by atoms with van der Waals surface area (Å²) in [7, 11) is 0. The molecule has 2 aromatic rings. The first kappa shape index (κ1) is 17.7. The van der Waals surface area contributed by atoms with Crippen LogP contribution in [0.15, 0.2) is 36.4 Å². The number of benzene rings is 2. The van der Waals surface area contributed by atoms with Crippen LogP contribution in [-0.2, 0) is 9.59 Å². The highest BCUT2D eigenvalue weighted by molar-refractivity contribution is 6.02. The molecule has 126 valence electrons. The van der Waals surface area contributed by atoms with Crippen molar-refractivity contribution >= 4 is 23.2 Å².